The molecule has 2 aromatic rings. The van der Waals surface area contributed by atoms with Crippen molar-refractivity contribution in [2.45, 2.75) is 65.8 Å². The minimum Gasteiger partial charge on any atom is -0.493 e. The van der Waals surface area contributed by atoms with E-state index in [4.69, 9.17) is 21.7 Å². The third-order valence-corrected chi connectivity index (χ3v) is 7.39. The molecule has 0 bridgehead atoms. The van der Waals surface area contributed by atoms with Crippen LogP contribution in [0.15, 0.2) is 48.5 Å². The summed E-state index contributed by atoms with van der Waals surface area (Å²) < 4.78 is 11.3. The molecule has 1 unspecified atom stereocenters. The number of nitrogens with one attached hydrogen (secondary N) is 2. The molecule has 2 aromatic carbocycles. The van der Waals surface area contributed by atoms with E-state index in [0.29, 0.717) is 39.0 Å². The summed E-state index contributed by atoms with van der Waals surface area (Å²) in [5.41, 5.74) is 2.67. The first-order chi connectivity index (χ1) is 19.1. The number of hydrogen-bond donors (Lipinski definition) is 2. The highest BCUT2D eigenvalue weighted by Crippen LogP contribution is 2.25. The number of ether oxygens (including phenoxy) is 2. The monoisotopic (exact) mass is 567 g/mol. The average Bonchev–Trinajstić information content (AvgIpc) is 2.92. The number of carbonyl (C=O) groups is 3. The van der Waals surface area contributed by atoms with Crippen LogP contribution >= 0.6 is 12.2 Å². The van der Waals surface area contributed by atoms with Crippen LogP contribution in [0.5, 0.6) is 5.75 Å². The Bertz CT molecular complexity index is 1180. The van der Waals surface area contributed by atoms with Gasteiger partial charge in [0.1, 0.15) is 11.8 Å². The number of piperazine rings is 1. The summed E-state index contributed by atoms with van der Waals surface area (Å²) in [6.45, 7) is 9.27. The van der Waals surface area contributed by atoms with Crippen molar-refractivity contribution in [1.29, 1.82) is 0 Å². The van der Waals surface area contributed by atoms with Gasteiger partial charge in [0.05, 0.1) is 19.6 Å². The summed E-state index contributed by atoms with van der Waals surface area (Å²) in [7, 11) is 0. The number of aryl methyl sites for hydroxylation is 3. The Morgan fingerprint density at radius 3 is 2.60 bits per heavy atom. The zero-order chi connectivity index (χ0) is 29.1. The van der Waals surface area contributed by atoms with Crippen molar-refractivity contribution in [1.82, 2.24) is 15.5 Å². The molecule has 216 valence electrons. The maximum atomic E-state index is 13.1. The van der Waals surface area contributed by atoms with Gasteiger partial charge < -0.3 is 25.0 Å². The van der Waals surface area contributed by atoms with E-state index >= 15 is 0 Å². The van der Waals surface area contributed by atoms with Crippen LogP contribution in [0.2, 0.25) is 0 Å². The maximum Gasteiger partial charge on any atom is 0.308 e. The van der Waals surface area contributed by atoms with E-state index in [0.717, 1.165) is 23.3 Å². The molecule has 3 rings (SSSR count). The highest BCUT2D eigenvalue weighted by molar-refractivity contribution is 7.80. The number of hydrogen-bond acceptors (Lipinski definition) is 6. The van der Waals surface area contributed by atoms with Crippen molar-refractivity contribution >= 4 is 35.1 Å². The van der Waals surface area contributed by atoms with Crippen molar-refractivity contribution in [2.24, 2.45) is 5.41 Å². The molecule has 1 atom stereocenters. The van der Waals surface area contributed by atoms with Gasteiger partial charge in [-0.15, -0.1) is 0 Å². The van der Waals surface area contributed by atoms with Crippen LogP contribution in [0.1, 0.15) is 56.2 Å². The zero-order valence-electron chi connectivity index (χ0n) is 24.0. The van der Waals surface area contributed by atoms with E-state index in [9.17, 15) is 14.4 Å². The van der Waals surface area contributed by atoms with Crippen molar-refractivity contribution < 1.29 is 23.9 Å². The zero-order valence-corrected chi connectivity index (χ0v) is 24.8. The van der Waals surface area contributed by atoms with Gasteiger partial charge in [0, 0.05) is 18.5 Å². The molecule has 8 nitrogen and oxygen atoms in total. The van der Waals surface area contributed by atoms with E-state index in [2.05, 4.69) is 10.6 Å². The van der Waals surface area contributed by atoms with Crippen molar-refractivity contribution in [3.8, 4) is 5.75 Å². The fraction of sp³-hybridized carbons (Fsp3) is 0.484. The smallest absolute Gasteiger partial charge is 0.308 e. The van der Waals surface area contributed by atoms with Gasteiger partial charge in [0.25, 0.3) is 0 Å². The molecule has 40 heavy (non-hydrogen) atoms. The first kappa shape index (κ1) is 31.1. The normalized spacial score (nSPS) is 15.2. The Labute approximate surface area is 242 Å². The lowest BCUT2D eigenvalue weighted by atomic mass is 9.87. The standard InChI is InChI=1S/C31H41N3O5S/c1-22-13-14-23(2)26(20-22)38-19-9-15-31(3,4)29(37)33-30(40)34-17-16-32-28(36)25(34)21-27(35)39-18-8-12-24-10-6-5-7-11-24/h5-7,10-11,13-14,20,25H,8-9,12,15-19,21H2,1-4H3,(H,32,36)(H,33,37,40). The van der Waals surface area contributed by atoms with Crippen LogP contribution in [-0.2, 0) is 25.5 Å². The number of carbonyl (C=O) groups excluding carboxylic acids is 3. The van der Waals surface area contributed by atoms with Gasteiger partial charge in [-0.1, -0.05) is 56.3 Å². The molecule has 2 amide bonds. The molecule has 1 saturated heterocycles. The Morgan fingerprint density at radius 1 is 1.10 bits per heavy atom. The van der Waals surface area contributed by atoms with E-state index in [1.807, 2.05) is 76.2 Å². The lowest BCUT2D eigenvalue weighted by molar-refractivity contribution is -0.147. The maximum absolute atomic E-state index is 13.1. The molecule has 0 saturated carbocycles. The summed E-state index contributed by atoms with van der Waals surface area (Å²) in [5.74, 6) is -0.171. The number of esters is 1. The van der Waals surface area contributed by atoms with Crippen LogP contribution in [0.4, 0.5) is 0 Å². The molecule has 1 aliphatic heterocycles. The molecule has 0 radical (unpaired) electrons. The summed E-state index contributed by atoms with van der Waals surface area (Å²) in [6, 6.07) is 15.2. The Morgan fingerprint density at radius 2 is 1.85 bits per heavy atom. The number of thiocarbonyl (C=S) groups is 1. The molecule has 0 spiro atoms. The SMILES string of the molecule is Cc1ccc(C)c(OCCCC(C)(C)C(=O)NC(=S)N2CCNC(=O)C2CC(=O)OCCCc2ccccc2)c1. The first-order valence-corrected chi connectivity index (χ1v) is 14.3. The Balaban J connectivity index is 1.46. The number of nitrogens with zero attached hydrogens (tertiary/aromatic N) is 1. The second kappa shape index (κ2) is 14.8. The number of amides is 2. The lowest BCUT2D eigenvalue weighted by Gasteiger charge is -2.37. The third-order valence-electron chi connectivity index (χ3n) is 7.05. The Hall–Kier alpha value is -3.46. The summed E-state index contributed by atoms with van der Waals surface area (Å²) in [6.07, 6.45) is 2.62. The summed E-state index contributed by atoms with van der Waals surface area (Å²) >= 11 is 5.53. The van der Waals surface area contributed by atoms with E-state index in [1.54, 1.807) is 4.90 Å². The lowest BCUT2D eigenvalue weighted by Crippen LogP contribution is -2.61. The topological polar surface area (TPSA) is 97.0 Å². The second-order valence-electron chi connectivity index (χ2n) is 10.9. The molecule has 1 aliphatic rings. The van der Waals surface area contributed by atoms with Crippen LogP contribution < -0.4 is 15.4 Å². The summed E-state index contributed by atoms with van der Waals surface area (Å²) in [5, 5.41) is 5.72. The van der Waals surface area contributed by atoms with Crippen LogP contribution in [0.25, 0.3) is 0 Å². The van der Waals surface area contributed by atoms with Gasteiger partial charge in [-0.05, 0) is 74.5 Å². The van der Waals surface area contributed by atoms with Crippen molar-refractivity contribution in [3.05, 3.63) is 65.2 Å². The molecular formula is C31H41N3O5S. The number of benzene rings is 2. The molecule has 0 aromatic heterocycles. The Kier molecular flexibility index (Phi) is 11.5. The molecule has 2 N–H and O–H groups in total. The van der Waals surface area contributed by atoms with Gasteiger partial charge >= 0.3 is 5.97 Å². The minimum atomic E-state index is -0.836. The minimum absolute atomic E-state index is 0.140. The van der Waals surface area contributed by atoms with Gasteiger partial charge in [0.2, 0.25) is 11.8 Å². The fourth-order valence-electron chi connectivity index (χ4n) is 4.50. The predicted octanol–water partition coefficient (Wildman–Crippen LogP) is 4.26. The third kappa shape index (κ3) is 9.33. The molecule has 1 fully saturated rings. The second-order valence-corrected chi connectivity index (χ2v) is 11.3. The first-order valence-electron chi connectivity index (χ1n) is 13.9. The molecule has 1 heterocycles. The largest absolute Gasteiger partial charge is 0.493 e. The van der Waals surface area contributed by atoms with Crippen LogP contribution in [0.3, 0.4) is 0 Å². The van der Waals surface area contributed by atoms with Crippen molar-refractivity contribution in [3.63, 3.8) is 0 Å². The van der Waals surface area contributed by atoms with E-state index < -0.39 is 17.4 Å². The van der Waals surface area contributed by atoms with Crippen LogP contribution in [-0.4, -0.2) is 60.1 Å². The fourth-order valence-corrected chi connectivity index (χ4v) is 4.81. The average molecular weight is 568 g/mol. The van der Waals surface area contributed by atoms with Crippen LogP contribution in [0, 0.1) is 19.3 Å². The quantitative estimate of drug-likeness (QED) is 0.225. The molecule has 9 heteroatoms. The van der Waals surface area contributed by atoms with E-state index in [-0.39, 0.29) is 30.0 Å². The highest BCUT2D eigenvalue weighted by Gasteiger charge is 2.36. The molecular weight excluding hydrogens is 526 g/mol. The highest BCUT2D eigenvalue weighted by atomic mass is 32.1. The van der Waals surface area contributed by atoms with Crippen molar-refractivity contribution in [2.75, 3.05) is 26.3 Å². The van der Waals surface area contributed by atoms with Gasteiger partial charge in [-0.3, -0.25) is 14.4 Å². The van der Waals surface area contributed by atoms with Gasteiger partial charge in [-0.25, -0.2) is 0 Å². The van der Waals surface area contributed by atoms with Gasteiger partial charge in [0.15, 0.2) is 5.11 Å². The summed E-state index contributed by atoms with van der Waals surface area (Å²) in [4.78, 5) is 39.9. The number of rotatable bonds is 12. The predicted molar refractivity (Wildman–Crippen MR) is 159 cm³/mol. The van der Waals surface area contributed by atoms with E-state index in [1.165, 1.54) is 5.56 Å². The molecule has 0 aliphatic carbocycles. The van der Waals surface area contributed by atoms with Gasteiger partial charge in [-0.2, -0.15) is 0 Å².